The molecule has 1 aliphatic carbocycles. The summed E-state index contributed by atoms with van der Waals surface area (Å²) in [5.74, 6) is 0.946. The van der Waals surface area contributed by atoms with Gasteiger partial charge in [-0.15, -0.1) is 11.6 Å². The smallest absolute Gasteiger partial charge is 0.160 e. The van der Waals surface area contributed by atoms with Gasteiger partial charge in [0.15, 0.2) is 5.65 Å². The van der Waals surface area contributed by atoms with Crippen molar-refractivity contribution in [1.82, 2.24) is 14.5 Å². The Morgan fingerprint density at radius 1 is 1.50 bits per heavy atom. The molecular weight excluding hydrogens is 246 g/mol. The average molecular weight is 264 g/mol. The fourth-order valence-electron chi connectivity index (χ4n) is 2.37. The number of alkyl halides is 1. The lowest BCUT2D eigenvalue weighted by Crippen LogP contribution is -2.12. The summed E-state index contributed by atoms with van der Waals surface area (Å²) in [5.41, 5.74) is 3.55. The second kappa shape index (κ2) is 3.95. The third-order valence-corrected chi connectivity index (χ3v) is 4.06. The van der Waals surface area contributed by atoms with Crippen molar-refractivity contribution < 1.29 is 0 Å². The molecule has 0 saturated heterocycles. The standard InChI is InChI=1S/C14H18ClN3/c1-9-4-7-16-13-11(9)17-12(10(2)15)18(13)8-14(3)5-6-14/h4,7,10H,5-6,8H2,1-3H3. The summed E-state index contributed by atoms with van der Waals surface area (Å²) in [6.07, 6.45) is 4.43. The fourth-order valence-corrected chi connectivity index (χ4v) is 2.53. The van der Waals surface area contributed by atoms with E-state index in [1.165, 1.54) is 18.4 Å². The molecule has 1 saturated carbocycles. The van der Waals surface area contributed by atoms with Gasteiger partial charge in [-0.3, -0.25) is 0 Å². The van der Waals surface area contributed by atoms with Crippen LogP contribution in [0.3, 0.4) is 0 Å². The van der Waals surface area contributed by atoms with E-state index in [-0.39, 0.29) is 5.38 Å². The van der Waals surface area contributed by atoms with E-state index >= 15 is 0 Å². The maximum absolute atomic E-state index is 6.27. The van der Waals surface area contributed by atoms with Crippen LogP contribution in [0.4, 0.5) is 0 Å². The number of pyridine rings is 1. The molecule has 0 aromatic carbocycles. The first-order chi connectivity index (χ1) is 8.50. The summed E-state index contributed by atoms with van der Waals surface area (Å²) in [4.78, 5) is 9.19. The van der Waals surface area contributed by atoms with E-state index in [2.05, 4.69) is 23.4 Å². The van der Waals surface area contributed by atoms with Gasteiger partial charge in [-0.2, -0.15) is 0 Å². The predicted octanol–water partition coefficient (Wildman–Crippen LogP) is 3.84. The zero-order valence-electron chi connectivity index (χ0n) is 11.1. The maximum atomic E-state index is 6.27. The molecule has 2 aromatic heterocycles. The molecule has 3 nitrogen and oxygen atoms in total. The minimum absolute atomic E-state index is 0.0825. The number of hydrogen-bond donors (Lipinski definition) is 0. The van der Waals surface area contributed by atoms with Gasteiger partial charge in [-0.05, 0) is 43.7 Å². The van der Waals surface area contributed by atoms with Crippen LogP contribution in [0.5, 0.6) is 0 Å². The van der Waals surface area contributed by atoms with Crippen LogP contribution in [-0.2, 0) is 6.54 Å². The Kier molecular flexibility index (Phi) is 2.63. The third-order valence-electron chi connectivity index (χ3n) is 3.86. The molecule has 3 rings (SSSR count). The van der Waals surface area contributed by atoms with Gasteiger partial charge in [-0.25, -0.2) is 9.97 Å². The van der Waals surface area contributed by atoms with E-state index in [1.54, 1.807) is 0 Å². The molecule has 0 spiro atoms. The summed E-state index contributed by atoms with van der Waals surface area (Å²) in [7, 11) is 0. The van der Waals surface area contributed by atoms with Gasteiger partial charge in [0.05, 0.1) is 5.38 Å². The monoisotopic (exact) mass is 263 g/mol. The lowest BCUT2D eigenvalue weighted by molar-refractivity contribution is 0.459. The number of aryl methyl sites for hydroxylation is 1. The Morgan fingerprint density at radius 2 is 2.22 bits per heavy atom. The topological polar surface area (TPSA) is 30.7 Å². The van der Waals surface area contributed by atoms with Crippen LogP contribution in [0.25, 0.3) is 11.2 Å². The number of imidazole rings is 1. The molecule has 2 heterocycles. The molecule has 1 aliphatic rings. The van der Waals surface area contributed by atoms with E-state index < -0.39 is 0 Å². The Balaban J connectivity index is 2.18. The van der Waals surface area contributed by atoms with Gasteiger partial charge in [-0.1, -0.05) is 6.92 Å². The van der Waals surface area contributed by atoms with Crippen LogP contribution < -0.4 is 0 Å². The molecule has 0 bridgehead atoms. The highest BCUT2D eigenvalue weighted by molar-refractivity contribution is 6.20. The van der Waals surface area contributed by atoms with E-state index in [1.807, 2.05) is 19.2 Å². The second-order valence-corrected chi connectivity index (χ2v) is 6.44. The van der Waals surface area contributed by atoms with Crippen molar-refractivity contribution in [2.45, 2.75) is 45.5 Å². The van der Waals surface area contributed by atoms with Crippen molar-refractivity contribution in [3.8, 4) is 0 Å². The normalized spacial score (nSPS) is 19.1. The van der Waals surface area contributed by atoms with Crippen molar-refractivity contribution in [2.24, 2.45) is 5.41 Å². The van der Waals surface area contributed by atoms with Crippen LogP contribution in [0.2, 0.25) is 0 Å². The van der Waals surface area contributed by atoms with Crippen LogP contribution in [0.1, 0.15) is 43.5 Å². The minimum Gasteiger partial charge on any atom is -0.311 e. The van der Waals surface area contributed by atoms with Crippen molar-refractivity contribution in [2.75, 3.05) is 0 Å². The van der Waals surface area contributed by atoms with Crippen LogP contribution in [-0.4, -0.2) is 14.5 Å². The molecule has 0 aliphatic heterocycles. The van der Waals surface area contributed by atoms with Gasteiger partial charge in [0.2, 0.25) is 0 Å². The lowest BCUT2D eigenvalue weighted by Gasteiger charge is -2.14. The fraction of sp³-hybridized carbons (Fsp3) is 0.571. The minimum atomic E-state index is -0.0825. The van der Waals surface area contributed by atoms with Crippen molar-refractivity contribution in [3.63, 3.8) is 0 Å². The maximum Gasteiger partial charge on any atom is 0.160 e. The summed E-state index contributed by atoms with van der Waals surface area (Å²) >= 11 is 6.27. The molecule has 18 heavy (non-hydrogen) atoms. The number of halogens is 1. The summed E-state index contributed by atoms with van der Waals surface area (Å²) in [6, 6.07) is 2.00. The quantitative estimate of drug-likeness (QED) is 0.788. The Morgan fingerprint density at radius 3 is 2.83 bits per heavy atom. The Labute approximate surface area is 112 Å². The van der Waals surface area contributed by atoms with Gasteiger partial charge in [0.1, 0.15) is 11.3 Å². The summed E-state index contributed by atoms with van der Waals surface area (Å²) in [6.45, 7) is 7.34. The van der Waals surface area contributed by atoms with Gasteiger partial charge in [0, 0.05) is 12.7 Å². The molecule has 1 fully saturated rings. The van der Waals surface area contributed by atoms with E-state index in [0.29, 0.717) is 5.41 Å². The SMILES string of the molecule is Cc1ccnc2c1nc(C(C)Cl)n2CC1(C)CC1. The molecule has 1 atom stereocenters. The molecule has 4 heteroatoms. The molecular formula is C14H18ClN3. The number of fused-ring (bicyclic) bond motifs is 1. The van der Waals surface area contributed by atoms with E-state index in [9.17, 15) is 0 Å². The highest BCUT2D eigenvalue weighted by Gasteiger charge is 2.38. The number of nitrogens with zero attached hydrogens (tertiary/aromatic N) is 3. The third kappa shape index (κ3) is 1.91. The Bertz CT molecular complexity index is 596. The van der Waals surface area contributed by atoms with Crippen molar-refractivity contribution in [3.05, 3.63) is 23.7 Å². The van der Waals surface area contributed by atoms with Crippen LogP contribution in [0.15, 0.2) is 12.3 Å². The first-order valence-electron chi connectivity index (χ1n) is 6.46. The molecule has 0 radical (unpaired) electrons. The summed E-state index contributed by atoms with van der Waals surface area (Å²) in [5, 5.41) is -0.0825. The van der Waals surface area contributed by atoms with Crippen molar-refractivity contribution in [1.29, 1.82) is 0 Å². The second-order valence-electron chi connectivity index (χ2n) is 5.78. The highest BCUT2D eigenvalue weighted by Crippen LogP contribution is 2.47. The van der Waals surface area contributed by atoms with E-state index in [4.69, 9.17) is 16.6 Å². The number of hydrogen-bond acceptors (Lipinski definition) is 2. The number of rotatable bonds is 3. The molecule has 0 amide bonds. The molecule has 2 aromatic rings. The molecule has 96 valence electrons. The largest absolute Gasteiger partial charge is 0.311 e. The van der Waals surface area contributed by atoms with Crippen molar-refractivity contribution >= 4 is 22.8 Å². The Hall–Kier alpha value is -1.09. The van der Waals surface area contributed by atoms with Gasteiger partial charge >= 0.3 is 0 Å². The van der Waals surface area contributed by atoms with Gasteiger partial charge in [0.25, 0.3) is 0 Å². The average Bonchev–Trinajstić information content (AvgIpc) is 2.90. The van der Waals surface area contributed by atoms with E-state index in [0.717, 1.165) is 23.5 Å². The lowest BCUT2D eigenvalue weighted by atomic mass is 10.1. The number of aromatic nitrogens is 3. The van der Waals surface area contributed by atoms with Crippen LogP contribution >= 0.6 is 11.6 Å². The first-order valence-corrected chi connectivity index (χ1v) is 6.90. The van der Waals surface area contributed by atoms with Crippen LogP contribution in [0, 0.1) is 12.3 Å². The first kappa shape index (κ1) is 12.0. The summed E-state index contributed by atoms with van der Waals surface area (Å²) < 4.78 is 2.22. The highest BCUT2D eigenvalue weighted by atomic mass is 35.5. The van der Waals surface area contributed by atoms with Gasteiger partial charge < -0.3 is 4.57 Å². The predicted molar refractivity (Wildman–Crippen MR) is 73.9 cm³/mol. The molecule has 0 N–H and O–H groups in total. The zero-order chi connectivity index (χ0) is 12.9. The zero-order valence-corrected chi connectivity index (χ0v) is 11.8. The molecule has 1 unspecified atom stereocenters.